The van der Waals surface area contributed by atoms with E-state index in [0.29, 0.717) is 11.3 Å². The number of nitrogens with zero attached hydrogens (tertiary/aromatic N) is 1. The molecule has 0 bridgehead atoms. The fraction of sp³-hybridized carbons (Fsp3) is 0.167. The summed E-state index contributed by atoms with van der Waals surface area (Å²) in [6.07, 6.45) is 2.22. The Hall–Kier alpha value is -2.67. The minimum Gasteiger partial charge on any atom is -0.483 e. The molecule has 2 N–H and O–H groups in total. The predicted molar refractivity (Wildman–Crippen MR) is 98.2 cm³/mol. The van der Waals surface area contributed by atoms with Gasteiger partial charge in [0, 0.05) is 4.47 Å². The smallest absolute Gasteiger partial charge is 0.335 e. The standard InChI is InChI=1S/C18H17BrN2O4/c1-2-13-9-15(19)7-8-16(13)25-11-17(22)21-20-10-12-3-5-14(6-4-12)18(23)24/h3-10H,2,11H2,1H3,(H,21,22)(H,23,24)/b20-10+. The Balaban J connectivity index is 1.85. The highest BCUT2D eigenvalue weighted by Crippen LogP contribution is 2.23. The van der Waals surface area contributed by atoms with Crippen molar-refractivity contribution in [3.8, 4) is 5.75 Å². The van der Waals surface area contributed by atoms with E-state index < -0.39 is 5.97 Å². The van der Waals surface area contributed by atoms with Gasteiger partial charge >= 0.3 is 5.97 Å². The monoisotopic (exact) mass is 404 g/mol. The molecule has 0 aliphatic rings. The van der Waals surface area contributed by atoms with Crippen molar-refractivity contribution in [3.63, 3.8) is 0 Å². The first-order valence-corrected chi connectivity index (χ1v) is 8.35. The molecule has 130 valence electrons. The Labute approximate surface area is 153 Å². The van der Waals surface area contributed by atoms with Gasteiger partial charge in [-0.2, -0.15) is 5.10 Å². The van der Waals surface area contributed by atoms with Crippen LogP contribution < -0.4 is 10.2 Å². The van der Waals surface area contributed by atoms with E-state index in [9.17, 15) is 9.59 Å². The van der Waals surface area contributed by atoms with Crippen molar-refractivity contribution in [3.05, 3.63) is 63.6 Å². The molecule has 0 saturated heterocycles. The Morgan fingerprint density at radius 3 is 2.60 bits per heavy atom. The second kappa shape index (κ2) is 8.98. The average molecular weight is 405 g/mol. The molecule has 0 aromatic heterocycles. The van der Waals surface area contributed by atoms with Gasteiger partial charge in [0.05, 0.1) is 11.8 Å². The van der Waals surface area contributed by atoms with Gasteiger partial charge in [0.15, 0.2) is 6.61 Å². The number of aryl methyl sites for hydroxylation is 1. The summed E-state index contributed by atoms with van der Waals surface area (Å²) in [6.45, 7) is 1.86. The van der Waals surface area contributed by atoms with Crippen molar-refractivity contribution in [2.45, 2.75) is 13.3 Å². The maximum atomic E-state index is 11.8. The fourth-order valence-electron chi connectivity index (χ4n) is 2.03. The van der Waals surface area contributed by atoms with Crippen molar-refractivity contribution in [2.75, 3.05) is 6.61 Å². The minimum atomic E-state index is -0.992. The van der Waals surface area contributed by atoms with E-state index >= 15 is 0 Å². The number of hydrogen-bond donors (Lipinski definition) is 2. The molecule has 0 spiro atoms. The third kappa shape index (κ3) is 5.72. The minimum absolute atomic E-state index is 0.149. The summed E-state index contributed by atoms with van der Waals surface area (Å²) in [5, 5.41) is 12.6. The molecule has 6 nitrogen and oxygen atoms in total. The number of ether oxygens (including phenoxy) is 1. The second-order valence-corrected chi connectivity index (χ2v) is 6.03. The Bertz CT molecular complexity index is 788. The molecule has 25 heavy (non-hydrogen) atoms. The van der Waals surface area contributed by atoms with Crippen molar-refractivity contribution in [1.29, 1.82) is 0 Å². The number of carbonyl (C=O) groups excluding carboxylic acids is 1. The van der Waals surface area contributed by atoms with Gasteiger partial charge in [0.25, 0.3) is 5.91 Å². The third-order valence-corrected chi connectivity index (χ3v) is 3.82. The van der Waals surface area contributed by atoms with Gasteiger partial charge < -0.3 is 9.84 Å². The molecule has 0 saturated carbocycles. The van der Waals surface area contributed by atoms with Crippen molar-refractivity contribution in [1.82, 2.24) is 5.43 Å². The molecule has 2 aromatic carbocycles. The van der Waals surface area contributed by atoms with Crippen LogP contribution in [0.25, 0.3) is 0 Å². The molecule has 0 atom stereocenters. The van der Waals surface area contributed by atoms with Crippen LogP contribution in [0.15, 0.2) is 52.0 Å². The Kier molecular flexibility index (Phi) is 6.71. The van der Waals surface area contributed by atoms with Crippen LogP contribution in [0.4, 0.5) is 0 Å². The van der Waals surface area contributed by atoms with Crippen LogP contribution in [-0.4, -0.2) is 29.8 Å². The topological polar surface area (TPSA) is 88.0 Å². The van der Waals surface area contributed by atoms with Crippen LogP contribution in [0.5, 0.6) is 5.75 Å². The maximum absolute atomic E-state index is 11.8. The number of benzene rings is 2. The summed E-state index contributed by atoms with van der Waals surface area (Å²) in [7, 11) is 0. The highest BCUT2D eigenvalue weighted by molar-refractivity contribution is 9.10. The van der Waals surface area contributed by atoms with Gasteiger partial charge in [-0.3, -0.25) is 4.79 Å². The first-order valence-electron chi connectivity index (χ1n) is 7.56. The lowest BCUT2D eigenvalue weighted by molar-refractivity contribution is -0.123. The number of halogens is 1. The quantitative estimate of drug-likeness (QED) is 0.547. The molecular formula is C18H17BrN2O4. The number of carbonyl (C=O) groups is 2. The van der Waals surface area contributed by atoms with Crippen LogP contribution in [0.2, 0.25) is 0 Å². The molecule has 1 amide bonds. The molecule has 0 aliphatic carbocycles. The van der Waals surface area contributed by atoms with E-state index in [0.717, 1.165) is 16.5 Å². The zero-order chi connectivity index (χ0) is 18.2. The number of hydrogen-bond acceptors (Lipinski definition) is 4. The fourth-order valence-corrected chi connectivity index (χ4v) is 2.44. The van der Waals surface area contributed by atoms with Crippen molar-refractivity contribution >= 4 is 34.0 Å². The average Bonchev–Trinajstić information content (AvgIpc) is 2.61. The van der Waals surface area contributed by atoms with Gasteiger partial charge in [-0.05, 0) is 47.9 Å². The summed E-state index contributed by atoms with van der Waals surface area (Å²) >= 11 is 3.40. The van der Waals surface area contributed by atoms with E-state index in [1.807, 2.05) is 25.1 Å². The molecular weight excluding hydrogens is 388 g/mol. The summed E-state index contributed by atoms with van der Waals surface area (Å²) in [5.74, 6) is -0.717. The first-order chi connectivity index (χ1) is 12.0. The van der Waals surface area contributed by atoms with Crippen molar-refractivity contribution < 1.29 is 19.4 Å². The number of carboxylic acids is 1. The lowest BCUT2D eigenvalue weighted by atomic mass is 10.1. The van der Waals surface area contributed by atoms with Crippen LogP contribution in [0.3, 0.4) is 0 Å². The van der Waals surface area contributed by atoms with E-state index in [2.05, 4.69) is 26.5 Å². The largest absolute Gasteiger partial charge is 0.483 e. The number of amides is 1. The van der Waals surface area contributed by atoms with Gasteiger partial charge in [-0.1, -0.05) is 35.0 Å². The molecule has 0 radical (unpaired) electrons. The van der Waals surface area contributed by atoms with Crippen molar-refractivity contribution in [2.24, 2.45) is 5.10 Å². The third-order valence-electron chi connectivity index (χ3n) is 3.32. The second-order valence-electron chi connectivity index (χ2n) is 5.11. The number of carboxylic acid groups (broad SMARTS) is 1. The zero-order valence-electron chi connectivity index (χ0n) is 13.5. The van der Waals surface area contributed by atoms with Gasteiger partial charge in [0.2, 0.25) is 0 Å². The Morgan fingerprint density at radius 1 is 1.24 bits per heavy atom. The molecule has 2 rings (SSSR count). The molecule has 0 fully saturated rings. The molecule has 0 heterocycles. The number of aromatic carboxylic acids is 1. The normalized spacial score (nSPS) is 10.6. The van der Waals surface area contributed by atoms with Gasteiger partial charge in [-0.25, -0.2) is 10.2 Å². The van der Waals surface area contributed by atoms with E-state index in [1.165, 1.54) is 18.3 Å². The number of hydrazone groups is 1. The van der Waals surface area contributed by atoms with E-state index in [1.54, 1.807) is 12.1 Å². The highest BCUT2D eigenvalue weighted by Gasteiger charge is 2.06. The molecule has 0 unspecified atom stereocenters. The van der Waals surface area contributed by atoms with Gasteiger partial charge in [-0.15, -0.1) is 0 Å². The first kappa shape index (κ1) is 18.7. The van der Waals surface area contributed by atoms with Crippen LogP contribution >= 0.6 is 15.9 Å². The van der Waals surface area contributed by atoms with Crippen LogP contribution in [0, 0.1) is 0 Å². The Morgan fingerprint density at radius 2 is 1.96 bits per heavy atom. The number of nitrogens with one attached hydrogen (secondary N) is 1. The SMILES string of the molecule is CCc1cc(Br)ccc1OCC(=O)N/N=C/c1ccc(C(=O)O)cc1. The lowest BCUT2D eigenvalue weighted by Crippen LogP contribution is -2.24. The summed E-state index contributed by atoms with van der Waals surface area (Å²) < 4.78 is 6.48. The summed E-state index contributed by atoms with van der Waals surface area (Å²) in [5.41, 5.74) is 4.24. The van der Waals surface area contributed by atoms with E-state index in [-0.39, 0.29) is 18.1 Å². The van der Waals surface area contributed by atoms with Crippen LogP contribution in [0.1, 0.15) is 28.4 Å². The predicted octanol–water partition coefficient (Wildman–Crippen LogP) is 3.24. The maximum Gasteiger partial charge on any atom is 0.335 e. The van der Waals surface area contributed by atoms with Gasteiger partial charge in [0.1, 0.15) is 5.75 Å². The zero-order valence-corrected chi connectivity index (χ0v) is 15.1. The molecule has 0 aliphatic heterocycles. The molecule has 2 aromatic rings. The van der Waals surface area contributed by atoms with Crippen LogP contribution in [-0.2, 0) is 11.2 Å². The van der Waals surface area contributed by atoms with E-state index in [4.69, 9.17) is 9.84 Å². The molecule has 7 heteroatoms. The summed E-state index contributed by atoms with van der Waals surface area (Å²) in [4.78, 5) is 22.5. The highest BCUT2D eigenvalue weighted by atomic mass is 79.9. The summed E-state index contributed by atoms with van der Waals surface area (Å²) in [6, 6.07) is 11.7. The lowest BCUT2D eigenvalue weighted by Gasteiger charge is -2.09. The number of rotatable bonds is 7.